The summed E-state index contributed by atoms with van der Waals surface area (Å²) in [5.41, 5.74) is 2.40. The lowest BCUT2D eigenvalue weighted by atomic mass is 10.0. The van der Waals surface area contributed by atoms with Crippen LogP contribution in [-0.2, 0) is 12.3 Å². The van der Waals surface area contributed by atoms with Gasteiger partial charge in [0.25, 0.3) is 0 Å². The van der Waals surface area contributed by atoms with Crippen molar-refractivity contribution in [2.45, 2.75) is 64.1 Å². The molecule has 1 unspecified atom stereocenters. The zero-order valence-corrected chi connectivity index (χ0v) is 19.9. The van der Waals surface area contributed by atoms with E-state index in [9.17, 15) is 0 Å². The van der Waals surface area contributed by atoms with Gasteiger partial charge in [0.15, 0.2) is 17.1 Å². The van der Waals surface area contributed by atoms with E-state index in [4.69, 9.17) is 16.3 Å². The zero-order valence-electron chi connectivity index (χ0n) is 18.3. The summed E-state index contributed by atoms with van der Waals surface area (Å²) >= 11 is 7.97. The van der Waals surface area contributed by atoms with Crippen LogP contribution in [0.1, 0.15) is 63.6 Å². The van der Waals surface area contributed by atoms with Crippen molar-refractivity contribution in [3.05, 3.63) is 70.5 Å². The van der Waals surface area contributed by atoms with Gasteiger partial charge in [0.2, 0.25) is 0 Å². The maximum atomic E-state index is 6.31. The molecule has 0 radical (unpaired) electrons. The summed E-state index contributed by atoms with van der Waals surface area (Å²) < 4.78 is 8.38. The number of rotatable bonds is 9. The van der Waals surface area contributed by atoms with Gasteiger partial charge in [-0.3, -0.25) is 0 Å². The number of aromatic nitrogens is 3. The highest BCUT2D eigenvalue weighted by Crippen LogP contribution is 2.29. The fourth-order valence-electron chi connectivity index (χ4n) is 3.19. The highest BCUT2D eigenvalue weighted by atomic mass is 35.5. The Morgan fingerprint density at radius 1 is 0.967 bits per heavy atom. The van der Waals surface area contributed by atoms with Crippen molar-refractivity contribution >= 4 is 23.4 Å². The molecule has 0 bridgehead atoms. The van der Waals surface area contributed by atoms with Gasteiger partial charge in [0.1, 0.15) is 5.75 Å². The van der Waals surface area contributed by atoms with E-state index in [0.717, 1.165) is 39.6 Å². The van der Waals surface area contributed by atoms with E-state index in [1.54, 1.807) is 11.8 Å². The van der Waals surface area contributed by atoms with E-state index in [1.807, 2.05) is 43.3 Å². The molecule has 1 aromatic heterocycles. The van der Waals surface area contributed by atoms with Crippen molar-refractivity contribution in [3.63, 3.8) is 0 Å². The molecule has 3 aromatic rings. The van der Waals surface area contributed by atoms with Crippen molar-refractivity contribution in [2.24, 2.45) is 5.92 Å². The molecule has 0 aliphatic heterocycles. The average Bonchev–Trinajstić information content (AvgIpc) is 3.09. The number of benzene rings is 2. The third kappa shape index (κ3) is 5.79. The standard InChI is InChI=1S/C24H30ClN3OS/c1-16(2)14-28-23(18(5)29-21-12-10-19(11-13-21)17(3)4)26-27-24(28)30-15-20-8-6-7-9-22(20)25/h6-13,16-18H,14-15H2,1-5H3. The van der Waals surface area contributed by atoms with Gasteiger partial charge in [-0.1, -0.05) is 81.4 Å². The van der Waals surface area contributed by atoms with Gasteiger partial charge >= 0.3 is 0 Å². The molecule has 2 aromatic carbocycles. The van der Waals surface area contributed by atoms with Crippen LogP contribution in [0, 0.1) is 5.92 Å². The fraction of sp³-hybridized carbons (Fsp3) is 0.417. The van der Waals surface area contributed by atoms with Crippen molar-refractivity contribution in [1.29, 1.82) is 0 Å². The molecular weight excluding hydrogens is 414 g/mol. The Labute approximate surface area is 189 Å². The highest BCUT2D eigenvalue weighted by Gasteiger charge is 2.20. The van der Waals surface area contributed by atoms with Gasteiger partial charge in [-0.15, -0.1) is 10.2 Å². The monoisotopic (exact) mass is 443 g/mol. The quantitative estimate of drug-likeness (QED) is 0.329. The minimum absolute atomic E-state index is 0.198. The van der Waals surface area contributed by atoms with Crippen LogP contribution >= 0.6 is 23.4 Å². The topological polar surface area (TPSA) is 39.9 Å². The largest absolute Gasteiger partial charge is 0.483 e. The second kappa shape index (κ2) is 10.4. The third-order valence-corrected chi connectivity index (χ3v) is 6.22. The molecule has 0 aliphatic carbocycles. The first-order valence-electron chi connectivity index (χ1n) is 10.4. The Kier molecular flexibility index (Phi) is 7.84. The molecule has 0 saturated heterocycles. The van der Waals surface area contributed by atoms with Gasteiger partial charge in [-0.25, -0.2) is 0 Å². The van der Waals surface area contributed by atoms with Crippen molar-refractivity contribution < 1.29 is 4.74 Å². The Bertz CT molecular complexity index is 953. The fourth-order valence-corrected chi connectivity index (χ4v) is 4.43. The van der Waals surface area contributed by atoms with Crippen LogP contribution in [0.4, 0.5) is 0 Å². The predicted molar refractivity (Wildman–Crippen MR) is 125 cm³/mol. The predicted octanol–water partition coefficient (Wildman–Crippen LogP) is 7.14. The SMILES string of the molecule is CC(C)Cn1c(SCc2ccccc2Cl)nnc1C(C)Oc1ccc(C(C)C)cc1. The maximum absolute atomic E-state index is 6.31. The Hall–Kier alpha value is -1.98. The van der Waals surface area contributed by atoms with E-state index in [2.05, 4.69) is 54.6 Å². The maximum Gasteiger partial charge on any atom is 0.191 e. The van der Waals surface area contributed by atoms with Gasteiger partial charge < -0.3 is 9.30 Å². The van der Waals surface area contributed by atoms with Crippen molar-refractivity contribution in [3.8, 4) is 5.75 Å². The summed E-state index contributed by atoms with van der Waals surface area (Å²) in [7, 11) is 0. The molecule has 1 atom stereocenters. The zero-order chi connectivity index (χ0) is 21.7. The van der Waals surface area contributed by atoms with Crippen LogP contribution in [0.15, 0.2) is 53.7 Å². The van der Waals surface area contributed by atoms with E-state index < -0.39 is 0 Å². The van der Waals surface area contributed by atoms with Gasteiger partial charge in [-0.2, -0.15) is 0 Å². The van der Waals surface area contributed by atoms with Crippen LogP contribution in [0.3, 0.4) is 0 Å². The Morgan fingerprint density at radius 3 is 2.30 bits per heavy atom. The summed E-state index contributed by atoms with van der Waals surface area (Å²) in [5.74, 6) is 3.41. The Balaban J connectivity index is 1.77. The van der Waals surface area contributed by atoms with Gasteiger partial charge in [0, 0.05) is 17.3 Å². The summed E-state index contributed by atoms with van der Waals surface area (Å²) in [5, 5.41) is 10.6. The first-order chi connectivity index (χ1) is 14.3. The molecule has 0 N–H and O–H groups in total. The molecule has 4 nitrogen and oxygen atoms in total. The second-order valence-electron chi connectivity index (χ2n) is 8.21. The number of nitrogens with zero attached hydrogens (tertiary/aromatic N) is 3. The lowest BCUT2D eigenvalue weighted by molar-refractivity contribution is 0.207. The number of halogens is 1. The summed E-state index contributed by atoms with van der Waals surface area (Å²) in [6.07, 6.45) is -0.198. The van der Waals surface area contributed by atoms with Crippen LogP contribution in [0.5, 0.6) is 5.75 Å². The highest BCUT2D eigenvalue weighted by molar-refractivity contribution is 7.98. The lowest BCUT2D eigenvalue weighted by Crippen LogP contribution is -2.15. The smallest absolute Gasteiger partial charge is 0.191 e. The van der Waals surface area contributed by atoms with Gasteiger partial charge in [-0.05, 0) is 48.1 Å². The van der Waals surface area contributed by atoms with Crippen LogP contribution < -0.4 is 4.74 Å². The molecule has 0 spiro atoms. The van der Waals surface area contributed by atoms with E-state index in [1.165, 1.54) is 5.56 Å². The van der Waals surface area contributed by atoms with E-state index in [-0.39, 0.29) is 6.10 Å². The first-order valence-corrected chi connectivity index (χ1v) is 11.8. The minimum Gasteiger partial charge on any atom is -0.483 e. The first kappa shape index (κ1) is 22.7. The molecule has 0 saturated carbocycles. The lowest BCUT2D eigenvalue weighted by Gasteiger charge is -2.18. The summed E-state index contributed by atoms with van der Waals surface area (Å²) in [6.45, 7) is 11.6. The molecule has 1 heterocycles. The van der Waals surface area contributed by atoms with E-state index >= 15 is 0 Å². The van der Waals surface area contributed by atoms with E-state index in [0.29, 0.717) is 11.8 Å². The molecule has 3 rings (SSSR count). The number of hydrogen-bond acceptors (Lipinski definition) is 4. The Morgan fingerprint density at radius 2 is 1.67 bits per heavy atom. The molecule has 30 heavy (non-hydrogen) atoms. The van der Waals surface area contributed by atoms with Crippen LogP contribution in [0.2, 0.25) is 5.02 Å². The van der Waals surface area contributed by atoms with Gasteiger partial charge in [0.05, 0.1) is 0 Å². The summed E-state index contributed by atoms with van der Waals surface area (Å²) in [6, 6.07) is 16.2. The molecule has 160 valence electrons. The molecule has 0 aliphatic rings. The normalized spacial score (nSPS) is 12.5. The van der Waals surface area contributed by atoms with Crippen molar-refractivity contribution in [2.75, 3.05) is 0 Å². The second-order valence-corrected chi connectivity index (χ2v) is 9.56. The molecule has 0 amide bonds. The van der Waals surface area contributed by atoms with Crippen LogP contribution in [-0.4, -0.2) is 14.8 Å². The minimum atomic E-state index is -0.198. The number of thioether (sulfide) groups is 1. The molecule has 6 heteroatoms. The van der Waals surface area contributed by atoms with Crippen molar-refractivity contribution in [1.82, 2.24) is 14.8 Å². The molecule has 0 fully saturated rings. The number of hydrogen-bond donors (Lipinski definition) is 0. The average molecular weight is 444 g/mol. The summed E-state index contributed by atoms with van der Waals surface area (Å²) in [4.78, 5) is 0. The third-order valence-electron chi connectivity index (χ3n) is 4.83. The van der Waals surface area contributed by atoms with Crippen LogP contribution in [0.25, 0.3) is 0 Å². The number of ether oxygens (including phenoxy) is 1. The molecular formula is C24H30ClN3OS.